The number of urea groups is 1. The van der Waals surface area contributed by atoms with Crippen molar-refractivity contribution in [3.63, 3.8) is 0 Å². The van der Waals surface area contributed by atoms with Gasteiger partial charge in [0.15, 0.2) is 0 Å². The summed E-state index contributed by atoms with van der Waals surface area (Å²) in [5, 5.41) is 5.90. The van der Waals surface area contributed by atoms with Gasteiger partial charge in [-0.15, -0.1) is 0 Å². The first-order chi connectivity index (χ1) is 13.9. The molecule has 1 aliphatic rings. The van der Waals surface area contributed by atoms with Gasteiger partial charge in [-0.2, -0.15) is 0 Å². The van der Waals surface area contributed by atoms with Gasteiger partial charge in [-0.05, 0) is 43.0 Å². The van der Waals surface area contributed by atoms with Gasteiger partial charge < -0.3 is 15.5 Å². The molecule has 0 spiro atoms. The molecule has 5 nitrogen and oxygen atoms in total. The molecule has 1 fully saturated rings. The van der Waals surface area contributed by atoms with Gasteiger partial charge in [0.2, 0.25) is 5.91 Å². The number of hydrogen-bond acceptors (Lipinski definition) is 2. The van der Waals surface area contributed by atoms with E-state index >= 15 is 0 Å². The number of likely N-dealkylation sites (tertiary alicyclic amines) is 1. The number of aryl methyl sites for hydroxylation is 1. The molecular formula is C23H28FN3O2. The van der Waals surface area contributed by atoms with Crippen LogP contribution in [0.4, 0.5) is 9.18 Å². The summed E-state index contributed by atoms with van der Waals surface area (Å²) in [4.78, 5) is 26.9. The normalized spacial score (nSPS) is 15.6. The Bertz CT molecular complexity index is 841. The van der Waals surface area contributed by atoms with Crippen molar-refractivity contribution in [2.75, 3.05) is 13.1 Å². The molecule has 0 aromatic heterocycles. The monoisotopic (exact) mass is 397 g/mol. The van der Waals surface area contributed by atoms with Gasteiger partial charge in [-0.25, -0.2) is 9.18 Å². The fourth-order valence-corrected chi connectivity index (χ4v) is 3.42. The average Bonchev–Trinajstić information content (AvgIpc) is 2.73. The number of nitrogens with zero attached hydrogens (tertiary/aromatic N) is 1. The van der Waals surface area contributed by atoms with Gasteiger partial charge in [0.25, 0.3) is 0 Å². The number of benzene rings is 2. The minimum Gasteiger partial charge on any atom is -0.352 e. The second kappa shape index (κ2) is 9.07. The Morgan fingerprint density at radius 2 is 1.45 bits per heavy atom. The zero-order chi connectivity index (χ0) is 20.9. The molecule has 154 valence electrons. The van der Waals surface area contributed by atoms with Crippen molar-refractivity contribution in [1.29, 1.82) is 0 Å². The summed E-state index contributed by atoms with van der Waals surface area (Å²) in [7, 11) is 0. The summed E-state index contributed by atoms with van der Waals surface area (Å²) in [5.74, 6) is -0.318. The third-order valence-corrected chi connectivity index (χ3v) is 5.63. The number of carbonyl (C=O) groups excluding carboxylic acids is 2. The van der Waals surface area contributed by atoms with Crippen molar-refractivity contribution in [2.45, 2.75) is 39.8 Å². The minimum absolute atomic E-state index is 0.0264. The van der Waals surface area contributed by atoms with E-state index in [9.17, 15) is 14.0 Å². The van der Waals surface area contributed by atoms with Crippen LogP contribution in [0.2, 0.25) is 0 Å². The molecule has 2 aromatic carbocycles. The quantitative estimate of drug-likeness (QED) is 0.807. The zero-order valence-corrected chi connectivity index (χ0v) is 17.0. The van der Waals surface area contributed by atoms with Crippen LogP contribution in [0.5, 0.6) is 0 Å². The molecule has 1 heterocycles. The SMILES string of the molecule is Cc1ccc(CNC(=O)N2CCC(C)(C(=O)NCc3ccc(F)cc3)CC2)cc1. The highest BCUT2D eigenvalue weighted by Crippen LogP contribution is 2.31. The van der Waals surface area contributed by atoms with Crippen molar-refractivity contribution in [2.24, 2.45) is 5.41 Å². The molecule has 0 bridgehead atoms. The lowest BCUT2D eigenvalue weighted by Crippen LogP contribution is -2.50. The Balaban J connectivity index is 1.45. The molecule has 1 saturated heterocycles. The summed E-state index contributed by atoms with van der Waals surface area (Å²) in [5.41, 5.74) is 2.60. The van der Waals surface area contributed by atoms with Crippen LogP contribution in [0.1, 0.15) is 36.5 Å². The molecule has 0 atom stereocenters. The molecule has 0 radical (unpaired) electrons. The van der Waals surface area contributed by atoms with E-state index in [4.69, 9.17) is 0 Å². The Kier molecular flexibility index (Phi) is 6.52. The molecule has 1 aliphatic heterocycles. The molecule has 0 aliphatic carbocycles. The number of piperidine rings is 1. The van der Waals surface area contributed by atoms with Gasteiger partial charge in [0, 0.05) is 31.6 Å². The van der Waals surface area contributed by atoms with E-state index in [-0.39, 0.29) is 17.8 Å². The van der Waals surface area contributed by atoms with Crippen LogP contribution in [0, 0.1) is 18.2 Å². The molecule has 2 aromatic rings. The predicted molar refractivity (Wildman–Crippen MR) is 111 cm³/mol. The number of amides is 3. The van der Waals surface area contributed by atoms with Crippen LogP contribution in [0.25, 0.3) is 0 Å². The molecule has 2 N–H and O–H groups in total. The fraction of sp³-hybridized carbons (Fsp3) is 0.391. The average molecular weight is 397 g/mol. The number of hydrogen-bond donors (Lipinski definition) is 2. The summed E-state index contributed by atoms with van der Waals surface area (Å²) >= 11 is 0. The predicted octanol–water partition coefficient (Wildman–Crippen LogP) is 3.76. The smallest absolute Gasteiger partial charge is 0.317 e. The standard InChI is InChI=1S/C23H28FN3O2/c1-17-3-5-18(6-4-17)16-26-22(29)27-13-11-23(2,12-14-27)21(28)25-15-19-7-9-20(24)10-8-19/h3-10H,11-16H2,1-2H3,(H,25,28)(H,26,29). The number of rotatable bonds is 5. The summed E-state index contributed by atoms with van der Waals surface area (Å²) in [6, 6.07) is 14.1. The fourth-order valence-electron chi connectivity index (χ4n) is 3.42. The van der Waals surface area contributed by atoms with Crippen LogP contribution in [0.3, 0.4) is 0 Å². The van der Waals surface area contributed by atoms with E-state index in [0.717, 1.165) is 11.1 Å². The van der Waals surface area contributed by atoms with Crippen molar-refractivity contribution >= 4 is 11.9 Å². The Labute approximate surface area is 171 Å². The summed E-state index contributed by atoms with van der Waals surface area (Å²) < 4.78 is 13.0. The van der Waals surface area contributed by atoms with Crippen LogP contribution >= 0.6 is 0 Å². The van der Waals surface area contributed by atoms with Crippen molar-refractivity contribution in [1.82, 2.24) is 15.5 Å². The van der Waals surface area contributed by atoms with Gasteiger partial charge in [-0.1, -0.05) is 48.9 Å². The highest BCUT2D eigenvalue weighted by atomic mass is 19.1. The van der Waals surface area contributed by atoms with Crippen molar-refractivity contribution < 1.29 is 14.0 Å². The minimum atomic E-state index is -0.506. The van der Waals surface area contributed by atoms with Gasteiger partial charge in [0.1, 0.15) is 5.82 Å². The lowest BCUT2D eigenvalue weighted by Gasteiger charge is -2.38. The van der Waals surface area contributed by atoms with E-state index in [1.54, 1.807) is 17.0 Å². The summed E-state index contributed by atoms with van der Waals surface area (Å²) in [6.45, 7) is 5.92. The second-order valence-corrected chi connectivity index (χ2v) is 8.00. The molecule has 6 heteroatoms. The maximum atomic E-state index is 13.0. The van der Waals surface area contributed by atoms with E-state index < -0.39 is 5.41 Å². The molecule has 0 saturated carbocycles. The van der Waals surface area contributed by atoms with E-state index in [0.29, 0.717) is 39.0 Å². The molecule has 3 amide bonds. The third kappa shape index (κ3) is 5.56. The molecular weight excluding hydrogens is 369 g/mol. The van der Waals surface area contributed by atoms with Gasteiger partial charge in [0.05, 0.1) is 0 Å². The molecule has 29 heavy (non-hydrogen) atoms. The Hall–Kier alpha value is -2.89. The van der Waals surface area contributed by atoms with E-state index in [1.165, 1.54) is 17.7 Å². The first-order valence-corrected chi connectivity index (χ1v) is 9.97. The Morgan fingerprint density at radius 3 is 2.03 bits per heavy atom. The lowest BCUT2D eigenvalue weighted by atomic mass is 9.79. The maximum Gasteiger partial charge on any atom is 0.317 e. The topological polar surface area (TPSA) is 61.4 Å². The van der Waals surface area contributed by atoms with Crippen molar-refractivity contribution in [3.8, 4) is 0 Å². The molecule has 0 unspecified atom stereocenters. The third-order valence-electron chi connectivity index (χ3n) is 5.63. The van der Waals surface area contributed by atoms with Crippen LogP contribution < -0.4 is 10.6 Å². The highest BCUT2D eigenvalue weighted by molar-refractivity contribution is 5.83. The van der Waals surface area contributed by atoms with Crippen LogP contribution in [-0.2, 0) is 17.9 Å². The largest absolute Gasteiger partial charge is 0.352 e. The zero-order valence-electron chi connectivity index (χ0n) is 17.0. The van der Waals surface area contributed by atoms with Crippen molar-refractivity contribution in [3.05, 3.63) is 71.0 Å². The lowest BCUT2D eigenvalue weighted by molar-refractivity contribution is -0.132. The number of halogens is 1. The van der Waals surface area contributed by atoms with Gasteiger partial charge >= 0.3 is 6.03 Å². The number of nitrogens with one attached hydrogen (secondary N) is 2. The number of carbonyl (C=O) groups is 2. The summed E-state index contributed by atoms with van der Waals surface area (Å²) in [6.07, 6.45) is 1.22. The van der Waals surface area contributed by atoms with Gasteiger partial charge in [-0.3, -0.25) is 4.79 Å². The van der Waals surface area contributed by atoms with Crippen LogP contribution in [0.15, 0.2) is 48.5 Å². The Morgan fingerprint density at radius 1 is 0.931 bits per heavy atom. The first kappa shape index (κ1) is 20.8. The van der Waals surface area contributed by atoms with E-state index in [1.807, 2.05) is 38.1 Å². The maximum absolute atomic E-state index is 13.0. The first-order valence-electron chi connectivity index (χ1n) is 9.97. The molecule has 3 rings (SSSR count). The highest BCUT2D eigenvalue weighted by Gasteiger charge is 2.37. The second-order valence-electron chi connectivity index (χ2n) is 8.00. The van der Waals surface area contributed by atoms with Crippen LogP contribution in [-0.4, -0.2) is 29.9 Å². The van der Waals surface area contributed by atoms with E-state index in [2.05, 4.69) is 10.6 Å².